The number of rotatable bonds is 2. The van der Waals surface area contributed by atoms with Crippen LogP contribution in [0.1, 0.15) is 22.8 Å². The number of amides is 1. The second kappa shape index (κ2) is 5.69. The van der Waals surface area contributed by atoms with Crippen LogP contribution in [0.3, 0.4) is 0 Å². The van der Waals surface area contributed by atoms with E-state index >= 15 is 0 Å². The van der Waals surface area contributed by atoms with Gasteiger partial charge >= 0.3 is 0 Å². The van der Waals surface area contributed by atoms with Crippen molar-refractivity contribution in [2.24, 2.45) is 0 Å². The predicted octanol–water partition coefficient (Wildman–Crippen LogP) is 1.61. The van der Waals surface area contributed by atoms with E-state index in [2.05, 4.69) is 17.3 Å². The summed E-state index contributed by atoms with van der Waals surface area (Å²) in [6.07, 6.45) is 3.79. The van der Waals surface area contributed by atoms with Crippen LogP contribution in [0.5, 0.6) is 0 Å². The maximum absolute atomic E-state index is 12.5. The first-order chi connectivity index (χ1) is 10.1. The van der Waals surface area contributed by atoms with Crippen molar-refractivity contribution in [2.45, 2.75) is 19.9 Å². The SMILES string of the molecule is Cc1cnn(-c2ccc(C(=O)N3CCNC[C@H]3C)cc2)c1. The van der Waals surface area contributed by atoms with E-state index in [-0.39, 0.29) is 11.9 Å². The summed E-state index contributed by atoms with van der Waals surface area (Å²) in [5.74, 6) is 0.104. The van der Waals surface area contributed by atoms with Crippen LogP contribution >= 0.6 is 0 Å². The highest BCUT2D eigenvalue weighted by atomic mass is 16.2. The van der Waals surface area contributed by atoms with E-state index < -0.39 is 0 Å². The van der Waals surface area contributed by atoms with Gasteiger partial charge in [0.2, 0.25) is 0 Å². The Morgan fingerprint density at radius 1 is 1.33 bits per heavy atom. The molecule has 1 saturated heterocycles. The molecule has 0 aliphatic carbocycles. The Labute approximate surface area is 124 Å². The third-order valence-electron chi connectivity index (χ3n) is 3.85. The summed E-state index contributed by atoms with van der Waals surface area (Å²) in [5, 5.41) is 7.57. The van der Waals surface area contributed by atoms with Crippen molar-refractivity contribution >= 4 is 5.91 Å². The topological polar surface area (TPSA) is 50.2 Å². The number of nitrogens with one attached hydrogen (secondary N) is 1. The summed E-state index contributed by atoms with van der Waals surface area (Å²) in [4.78, 5) is 14.5. The van der Waals surface area contributed by atoms with Crippen molar-refractivity contribution in [1.29, 1.82) is 0 Å². The first-order valence-electron chi connectivity index (χ1n) is 7.28. The van der Waals surface area contributed by atoms with Crippen LogP contribution in [0.2, 0.25) is 0 Å². The Balaban J connectivity index is 1.79. The maximum atomic E-state index is 12.5. The van der Waals surface area contributed by atoms with Crippen molar-refractivity contribution in [3.8, 4) is 5.69 Å². The van der Waals surface area contributed by atoms with Gasteiger partial charge in [0.1, 0.15) is 0 Å². The predicted molar refractivity (Wildman–Crippen MR) is 81.7 cm³/mol. The molecule has 5 heteroatoms. The second-order valence-electron chi connectivity index (χ2n) is 5.56. The van der Waals surface area contributed by atoms with Gasteiger partial charge in [-0.05, 0) is 43.7 Å². The third kappa shape index (κ3) is 2.83. The van der Waals surface area contributed by atoms with Crippen LogP contribution in [0.25, 0.3) is 5.69 Å². The Hall–Kier alpha value is -2.14. The highest BCUT2D eigenvalue weighted by Crippen LogP contribution is 2.14. The highest BCUT2D eigenvalue weighted by Gasteiger charge is 2.23. The molecule has 3 rings (SSSR count). The van der Waals surface area contributed by atoms with Crippen molar-refractivity contribution < 1.29 is 4.79 Å². The summed E-state index contributed by atoms with van der Waals surface area (Å²) in [6, 6.07) is 7.87. The fourth-order valence-electron chi connectivity index (χ4n) is 2.62. The smallest absolute Gasteiger partial charge is 0.254 e. The molecule has 1 aliphatic heterocycles. The summed E-state index contributed by atoms with van der Waals surface area (Å²) in [7, 11) is 0. The van der Waals surface area contributed by atoms with E-state index in [0.29, 0.717) is 0 Å². The van der Waals surface area contributed by atoms with E-state index in [1.807, 2.05) is 53.2 Å². The first kappa shape index (κ1) is 13.8. The number of aromatic nitrogens is 2. The molecule has 0 bridgehead atoms. The monoisotopic (exact) mass is 284 g/mol. The lowest BCUT2D eigenvalue weighted by Gasteiger charge is -2.34. The normalized spacial score (nSPS) is 18.8. The number of hydrogen-bond acceptors (Lipinski definition) is 3. The highest BCUT2D eigenvalue weighted by molar-refractivity contribution is 5.94. The van der Waals surface area contributed by atoms with Gasteiger partial charge in [-0.1, -0.05) is 0 Å². The molecule has 1 amide bonds. The van der Waals surface area contributed by atoms with Gasteiger partial charge in [-0.2, -0.15) is 5.10 Å². The van der Waals surface area contributed by atoms with Crippen molar-refractivity contribution in [2.75, 3.05) is 19.6 Å². The summed E-state index contributed by atoms with van der Waals surface area (Å²) < 4.78 is 1.82. The number of hydrogen-bond donors (Lipinski definition) is 1. The molecule has 2 aromatic rings. The minimum atomic E-state index is 0.104. The molecule has 1 aromatic carbocycles. The largest absolute Gasteiger partial charge is 0.333 e. The van der Waals surface area contributed by atoms with Crippen LogP contribution in [0.4, 0.5) is 0 Å². The molecule has 21 heavy (non-hydrogen) atoms. The quantitative estimate of drug-likeness (QED) is 0.911. The average molecular weight is 284 g/mol. The van der Waals surface area contributed by atoms with Gasteiger partial charge in [-0.15, -0.1) is 0 Å². The van der Waals surface area contributed by atoms with Gasteiger partial charge in [0, 0.05) is 37.4 Å². The van der Waals surface area contributed by atoms with E-state index in [1.54, 1.807) is 0 Å². The molecule has 1 aliphatic rings. The molecule has 1 N–H and O–H groups in total. The zero-order valence-electron chi connectivity index (χ0n) is 12.4. The molecule has 2 heterocycles. The zero-order chi connectivity index (χ0) is 14.8. The second-order valence-corrected chi connectivity index (χ2v) is 5.56. The van der Waals surface area contributed by atoms with Crippen LogP contribution in [-0.4, -0.2) is 46.3 Å². The Bertz CT molecular complexity index is 632. The molecule has 110 valence electrons. The van der Waals surface area contributed by atoms with Gasteiger partial charge in [0.05, 0.1) is 11.9 Å². The van der Waals surface area contributed by atoms with Crippen LogP contribution in [-0.2, 0) is 0 Å². The molecule has 0 unspecified atom stereocenters. The Kier molecular flexibility index (Phi) is 3.75. The molecular formula is C16H20N4O. The van der Waals surface area contributed by atoms with E-state index in [0.717, 1.165) is 36.4 Å². The molecule has 0 saturated carbocycles. The number of carbonyl (C=O) groups excluding carboxylic acids is 1. The number of piperazine rings is 1. The van der Waals surface area contributed by atoms with Crippen LogP contribution in [0, 0.1) is 6.92 Å². The lowest BCUT2D eigenvalue weighted by molar-refractivity contribution is 0.0656. The van der Waals surface area contributed by atoms with Gasteiger partial charge in [-0.3, -0.25) is 4.79 Å². The van der Waals surface area contributed by atoms with Crippen molar-refractivity contribution in [3.63, 3.8) is 0 Å². The average Bonchev–Trinajstić information content (AvgIpc) is 2.94. The molecule has 5 nitrogen and oxygen atoms in total. The molecular weight excluding hydrogens is 264 g/mol. The van der Waals surface area contributed by atoms with Crippen LogP contribution < -0.4 is 5.32 Å². The van der Waals surface area contributed by atoms with Crippen molar-refractivity contribution in [3.05, 3.63) is 47.8 Å². The Morgan fingerprint density at radius 3 is 2.71 bits per heavy atom. The standard InChI is InChI=1S/C16H20N4O/c1-12-9-18-20(11-12)15-5-3-14(4-6-15)16(21)19-8-7-17-10-13(19)2/h3-6,9,11,13,17H,7-8,10H2,1-2H3/t13-/m1/s1. The number of benzene rings is 1. The fourth-order valence-corrected chi connectivity index (χ4v) is 2.62. The minimum absolute atomic E-state index is 0.104. The van der Waals surface area contributed by atoms with E-state index in [9.17, 15) is 4.79 Å². The Morgan fingerprint density at radius 2 is 2.10 bits per heavy atom. The van der Waals surface area contributed by atoms with Crippen LogP contribution in [0.15, 0.2) is 36.7 Å². The maximum Gasteiger partial charge on any atom is 0.254 e. The van der Waals surface area contributed by atoms with Gasteiger partial charge < -0.3 is 10.2 Å². The molecule has 0 radical (unpaired) electrons. The summed E-state index contributed by atoms with van der Waals surface area (Å²) in [5.41, 5.74) is 2.81. The lowest BCUT2D eigenvalue weighted by atomic mass is 10.1. The molecule has 1 aromatic heterocycles. The van der Waals surface area contributed by atoms with E-state index in [1.165, 1.54) is 0 Å². The number of carbonyl (C=O) groups is 1. The minimum Gasteiger partial charge on any atom is -0.333 e. The molecule has 0 spiro atoms. The van der Waals surface area contributed by atoms with Gasteiger partial charge in [-0.25, -0.2) is 4.68 Å². The summed E-state index contributed by atoms with van der Waals surface area (Å²) >= 11 is 0. The number of aryl methyl sites for hydroxylation is 1. The molecule has 1 atom stereocenters. The fraction of sp³-hybridized carbons (Fsp3) is 0.375. The lowest BCUT2D eigenvalue weighted by Crippen LogP contribution is -2.52. The van der Waals surface area contributed by atoms with Crippen molar-refractivity contribution in [1.82, 2.24) is 20.0 Å². The van der Waals surface area contributed by atoms with Gasteiger partial charge in [0.15, 0.2) is 0 Å². The summed E-state index contributed by atoms with van der Waals surface area (Å²) in [6.45, 7) is 6.56. The van der Waals surface area contributed by atoms with Gasteiger partial charge in [0.25, 0.3) is 5.91 Å². The zero-order valence-corrected chi connectivity index (χ0v) is 12.4. The van der Waals surface area contributed by atoms with E-state index in [4.69, 9.17) is 0 Å². The third-order valence-corrected chi connectivity index (χ3v) is 3.85. The number of nitrogens with zero attached hydrogens (tertiary/aromatic N) is 3. The first-order valence-corrected chi connectivity index (χ1v) is 7.28. The molecule has 1 fully saturated rings.